The molecule has 1 heterocycles. The number of thioether (sulfide) groups is 2. The zero-order valence-corrected chi connectivity index (χ0v) is 9.35. The van der Waals surface area contributed by atoms with E-state index >= 15 is 0 Å². The van der Waals surface area contributed by atoms with Crippen LogP contribution >= 0.6 is 34.9 Å². The van der Waals surface area contributed by atoms with Gasteiger partial charge >= 0.3 is 0 Å². The number of rotatable bonds is 5. The van der Waals surface area contributed by atoms with Gasteiger partial charge in [-0.3, -0.25) is 0 Å². The molecule has 0 aliphatic rings. The van der Waals surface area contributed by atoms with Crippen LogP contribution < -0.4 is 0 Å². The molecule has 0 amide bonds. The van der Waals surface area contributed by atoms with Crippen LogP contribution in [0.1, 0.15) is 0 Å². The van der Waals surface area contributed by atoms with E-state index in [2.05, 4.69) is 11.4 Å². The highest BCUT2D eigenvalue weighted by atomic mass is 32.2. The molecule has 68 valence electrons. The number of hydrogen-bond donors (Lipinski definition) is 1. The largest absolute Gasteiger partial charge is 0.391 e. The average molecular weight is 220 g/mol. The van der Waals surface area contributed by atoms with Gasteiger partial charge in [0.25, 0.3) is 0 Å². The van der Waals surface area contributed by atoms with E-state index in [-0.39, 0.29) is 6.10 Å². The first-order valence-electron chi connectivity index (χ1n) is 3.66. The summed E-state index contributed by atoms with van der Waals surface area (Å²) in [6.45, 7) is 0. The molecule has 4 heteroatoms. The summed E-state index contributed by atoms with van der Waals surface area (Å²) in [6, 6.07) is 4.12. The maximum Gasteiger partial charge on any atom is 0.0724 e. The Labute approximate surface area is 85.6 Å². The lowest BCUT2D eigenvalue weighted by Gasteiger charge is -2.06. The summed E-state index contributed by atoms with van der Waals surface area (Å²) in [6.07, 6.45) is 1.84. The Morgan fingerprint density at radius 2 is 2.42 bits per heavy atom. The molecule has 1 aromatic heterocycles. The summed E-state index contributed by atoms with van der Waals surface area (Å²) in [5.41, 5.74) is 0. The van der Waals surface area contributed by atoms with Crippen LogP contribution in [0.5, 0.6) is 0 Å². The van der Waals surface area contributed by atoms with Gasteiger partial charge in [-0.15, -0.1) is 23.1 Å². The zero-order valence-electron chi connectivity index (χ0n) is 6.90. The van der Waals surface area contributed by atoms with Gasteiger partial charge in [-0.2, -0.15) is 11.8 Å². The maximum atomic E-state index is 9.41. The van der Waals surface area contributed by atoms with E-state index in [4.69, 9.17) is 0 Å². The Kier molecular flexibility index (Phi) is 5.14. The van der Waals surface area contributed by atoms with Gasteiger partial charge in [0.2, 0.25) is 0 Å². The molecule has 0 spiro atoms. The summed E-state index contributed by atoms with van der Waals surface area (Å²) < 4.78 is 1.29. The van der Waals surface area contributed by atoms with Crippen molar-refractivity contribution in [2.45, 2.75) is 10.3 Å². The van der Waals surface area contributed by atoms with E-state index in [1.165, 1.54) is 4.21 Å². The third-order valence-corrected chi connectivity index (χ3v) is 4.27. The minimum atomic E-state index is -0.174. The van der Waals surface area contributed by atoms with Crippen LogP contribution in [-0.2, 0) is 0 Å². The van der Waals surface area contributed by atoms with Crippen LogP contribution in [-0.4, -0.2) is 29.0 Å². The van der Waals surface area contributed by atoms with Crippen LogP contribution in [0, 0.1) is 0 Å². The second kappa shape index (κ2) is 5.91. The van der Waals surface area contributed by atoms with Crippen molar-refractivity contribution < 1.29 is 5.11 Å². The smallest absolute Gasteiger partial charge is 0.0724 e. The third kappa shape index (κ3) is 3.85. The summed E-state index contributed by atoms with van der Waals surface area (Å²) >= 11 is 5.15. The fraction of sp³-hybridized carbons (Fsp3) is 0.500. The van der Waals surface area contributed by atoms with Crippen LogP contribution in [0.25, 0.3) is 0 Å². The van der Waals surface area contributed by atoms with E-state index in [9.17, 15) is 5.11 Å². The number of thiophene rings is 1. The monoisotopic (exact) mass is 220 g/mol. The SMILES string of the molecule is CSCC(O)CSc1cccs1. The van der Waals surface area contributed by atoms with Crippen molar-refractivity contribution in [3.63, 3.8) is 0 Å². The minimum absolute atomic E-state index is 0.174. The quantitative estimate of drug-likeness (QED) is 0.770. The Balaban J connectivity index is 2.17. The van der Waals surface area contributed by atoms with Crippen molar-refractivity contribution in [3.05, 3.63) is 17.5 Å². The molecular formula is C8H12OS3. The molecule has 0 aliphatic heterocycles. The Morgan fingerprint density at radius 1 is 1.58 bits per heavy atom. The summed E-state index contributed by atoms with van der Waals surface area (Å²) in [5.74, 6) is 1.64. The summed E-state index contributed by atoms with van der Waals surface area (Å²) in [4.78, 5) is 0. The predicted octanol–water partition coefficient (Wildman–Crippen LogP) is 2.56. The highest BCUT2D eigenvalue weighted by Crippen LogP contribution is 2.24. The first-order chi connectivity index (χ1) is 5.83. The predicted molar refractivity (Wildman–Crippen MR) is 59.4 cm³/mol. The van der Waals surface area contributed by atoms with E-state index in [1.54, 1.807) is 34.9 Å². The third-order valence-electron chi connectivity index (χ3n) is 1.27. The van der Waals surface area contributed by atoms with Crippen LogP contribution in [0.15, 0.2) is 21.7 Å². The molecule has 1 atom stereocenters. The van der Waals surface area contributed by atoms with Crippen LogP contribution in [0.4, 0.5) is 0 Å². The molecule has 0 saturated carbocycles. The Morgan fingerprint density at radius 3 is 3.00 bits per heavy atom. The summed E-state index contributed by atoms with van der Waals surface area (Å²) in [5, 5.41) is 11.5. The van der Waals surface area contributed by atoms with Crippen molar-refractivity contribution >= 4 is 34.9 Å². The van der Waals surface area contributed by atoms with E-state index < -0.39 is 0 Å². The van der Waals surface area contributed by atoms with Gasteiger partial charge in [0.15, 0.2) is 0 Å². The molecule has 0 saturated heterocycles. The minimum Gasteiger partial charge on any atom is -0.391 e. The molecule has 0 bridgehead atoms. The fourth-order valence-electron chi connectivity index (χ4n) is 0.764. The van der Waals surface area contributed by atoms with Crippen molar-refractivity contribution in [1.82, 2.24) is 0 Å². The zero-order chi connectivity index (χ0) is 8.81. The van der Waals surface area contributed by atoms with E-state index in [1.807, 2.05) is 12.3 Å². The lowest BCUT2D eigenvalue weighted by atomic mass is 10.5. The van der Waals surface area contributed by atoms with Gasteiger partial charge in [-0.05, 0) is 17.7 Å². The topological polar surface area (TPSA) is 20.2 Å². The van der Waals surface area contributed by atoms with Gasteiger partial charge in [-0.1, -0.05) is 6.07 Å². The second-order valence-corrected chi connectivity index (χ2v) is 5.53. The van der Waals surface area contributed by atoms with Gasteiger partial charge in [0, 0.05) is 11.5 Å². The molecule has 0 radical (unpaired) electrons. The Hall–Kier alpha value is 0.360. The fourth-order valence-corrected chi connectivity index (χ4v) is 3.16. The standard InChI is InChI=1S/C8H12OS3/c1-10-5-7(9)6-12-8-3-2-4-11-8/h2-4,7,9H,5-6H2,1H3. The molecule has 0 fully saturated rings. The average Bonchev–Trinajstić information content (AvgIpc) is 2.53. The first-order valence-corrected chi connectivity index (χ1v) is 6.92. The molecule has 12 heavy (non-hydrogen) atoms. The Bertz CT molecular complexity index is 198. The van der Waals surface area contributed by atoms with Crippen molar-refractivity contribution in [2.24, 2.45) is 0 Å². The second-order valence-electron chi connectivity index (χ2n) is 2.35. The highest BCUT2D eigenvalue weighted by Gasteiger charge is 2.03. The van der Waals surface area contributed by atoms with Gasteiger partial charge in [-0.25, -0.2) is 0 Å². The van der Waals surface area contributed by atoms with E-state index in [0.717, 1.165) is 11.5 Å². The number of aliphatic hydroxyl groups excluding tert-OH is 1. The lowest BCUT2D eigenvalue weighted by molar-refractivity contribution is 0.225. The van der Waals surface area contributed by atoms with Crippen molar-refractivity contribution in [2.75, 3.05) is 17.8 Å². The molecule has 1 unspecified atom stereocenters. The van der Waals surface area contributed by atoms with Gasteiger partial charge < -0.3 is 5.11 Å². The maximum absolute atomic E-state index is 9.41. The van der Waals surface area contributed by atoms with Crippen LogP contribution in [0.2, 0.25) is 0 Å². The number of aliphatic hydroxyl groups is 1. The number of hydrogen-bond acceptors (Lipinski definition) is 4. The molecule has 1 aromatic rings. The lowest BCUT2D eigenvalue weighted by Crippen LogP contribution is -2.12. The molecule has 1 nitrogen and oxygen atoms in total. The van der Waals surface area contributed by atoms with Gasteiger partial charge in [0.05, 0.1) is 10.3 Å². The van der Waals surface area contributed by atoms with Crippen molar-refractivity contribution in [1.29, 1.82) is 0 Å². The highest BCUT2D eigenvalue weighted by molar-refractivity contribution is 8.01. The molecule has 0 aliphatic carbocycles. The first kappa shape index (κ1) is 10.4. The van der Waals surface area contributed by atoms with Crippen LogP contribution in [0.3, 0.4) is 0 Å². The molecule has 0 aromatic carbocycles. The molecular weight excluding hydrogens is 208 g/mol. The summed E-state index contributed by atoms with van der Waals surface area (Å²) in [7, 11) is 0. The van der Waals surface area contributed by atoms with Crippen molar-refractivity contribution in [3.8, 4) is 0 Å². The van der Waals surface area contributed by atoms with E-state index in [0.29, 0.717) is 0 Å². The molecule has 1 rings (SSSR count). The molecule has 1 N–H and O–H groups in total. The van der Waals surface area contributed by atoms with Gasteiger partial charge in [0.1, 0.15) is 0 Å². The normalized spacial score (nSPS) is 13.2.